The van der Waals surface area contributed by atoms with Gasteiger partial charge in [0, 0.05) is 15.5 Å². The van der Waals surface area contributed by atoms with E-state index >= 15 is 0 Å². The predicted octanol–water partition coefficient (Wildman–Crippen LogP) is 9.31. The maximum Gasteiger partial charge on any atom is 0.0601 e. The highest BCUT2D eigenvalue weighted by molar-refractivity contribution is 7.99. The maximum absolute atomic E-state index is 2.40. The van der Waals surface area contributed by atoms with Crippen molar-refractivity contribution in [2.24, 2.45) is 0 Å². The van der Waals surface area contributed by atoms with Crippen molar-refractivity contribution in [2.75, 3.05) is 4.90 Å². The van der Waals surface area contributed by atoms with Crippen molar-refractivity contribution >= 4 is 28.8 Å². The van der Waals surface area contributed by atoms with Gasteiger partial charge in [0.1, 0.15) is 0 Å². The lowest BCUT2D eigenvalue weighted by Crippen LogP contribution is -2.14. The third-order valence-corrected chi connectivity index (χ3v) is 7.68. The summed E-state index contributed by atoms with van der Waals surface area (Å²) in [7, 11) is 0. The first-order valence-corrected chi connectivity index (χ1v) is 12.4. The van der Waals surface area contributed by atoms with E-state index in [0.29, 0.717) is 11.8 Å². The van der Waals surface area contributed by atoms with E-state index in [1.165, 1.54) is 50.8 Å². The molecule has 0 saturated carbocycles. The quantitative estimate of drug-likeness (QED) is 0.261. The normalized spacial score (nSPS) is 14.4. The van der Waals surface area contributed by atoms with Gasteiger partial charge in [-0.05, 0) is 72.2 Å². The number of nitrogens with zero attached hydrogens (tertiary/aromatic N) is 1. The Morgan fingerprint density at radius 3 is 1.81 bits per heavy atom. The van der Waals surface area contributed by atoms with Crippen molar-refractivity contribution in [3.8, 4) is 0 Å². The molecule has 4 aromatic carbocycles. The molecule has 4 aromatic rings. The minimum absolute atomic E-state index is 0.519. The van der Waals surface area contributed by atoms with Gasteiger partial charge in [0.15, 0.2) is 0 Å². The first-order valence-electron chi connectivity index (χ1n) is 11.6. The standard InChI is InChI=1S/C30H29NS/c1-3-23(25-11-5-4-6-12-25)21-22(2)24-17-19-26(20-18-24)31-27-13-7-9-15-29(27)32-30-16-10-8-14-28(30)31/h4-20,22-23H,3,21H2,1-2H3. The van der Waals surface area contributed by atoms with Gasteiger partial charge < -0.3 is 4.90 Å². The van der Waals surface area contributed by atoms with Gasteiger partial charge in [-0.2, -0.15) is 0 Å². The molecule has 2 atom stereocenters. The summed E-state index contributed by atoms with van der Waals surface area (Å²) in [6.07, 6.45) is 2.34. The maximum atomic E-state index is 2.40. The van der Waals surface area contributed by atoms with Crippen molar-refractivity contribution in [3.63, 3.8) is 0 Å². The molecular formula is C30H29NS. The summed E-state index contributed by atoms with van der Waals surface area (Å²) in [4.78, 5) is 5.00. The molecule has 1 aliphatic rings. The van der Waals surface area contributed by atoms with Crippen LogP contribution in [0.5, 0.6) is 0 Å². The SMILES string of the molecule is CCC(CC(C)c1ccc(N2c3ccccc3Sc3ccccc32)cc1)c1ccccc1. The summed E-state index contributed by atoms with van der Waals surface area (Å²) in [6.45, 7) is 4.67. The highest BCUT2D eigenvalue weighted by Crippen LogP contribution is 2.51. The summed E-state index contributed by atoms with van der Waals surface area (Å²) in [5.41, 5.74) is 6.60. The van der Waals surface area contributed by atoms with Gasteiger partial charge in [-0.15, -0.1) is 0 Å². The molecule has 0 radical (unpaired) electrons. The molecule has 0 saturated heterocycles. The fourth-order valence-corrected chi connectivity index (χ4v) is 5.82. The Bertz CT molecular complexity index is 1140. The smallest absolute Gasteiger partial charge is 0.0601 e. The van der Waals surface area contributed by atoms with Crippen molar-refractivity contribution in [1.29, 1.82) is 0 Å². The summed E-state index contributed by atoms with van der Waals surface area (Å²) < 4.78 is 0. The minimum atomic E-state index is 0.519. The van der Waals surface area contributed by atoms with Crippen LogP contribution in [0.25, 0.3) is 0 Å². The summed E-state index contributed by atoms with van der Waals surface area (Å²) in [5, 5.41) is 0. The largest absolute Gasteiger partial charge is 0.308 e. The molecule has 0 aliphatic carbocycles. The molecule has 0 amide bonds. The van der Waals surface area contributed by atoms with Crippen molar-refractivity contribution in [3.05, 3.63) is 114 Å². The highest BCUT2D eigenvalue weighted by Gasteiger charge is 2.24. The molecule has 5 rings (SSSR count). The Kier molecular flexibility index (Phi) is 6.05. The zero-order chi connectivity index (χ0) is 21.9. The van der Waals surface area contributed by atoms with Crippen molar-refractivity contribution in [2.45, 2.75) is 48.3 Å². The average Bonchev–Trinajstić information content (AvgIpc) is 2.86. The van der Waals surface area contributed by atoms with Gasteiger partial charge in [0.05, 0.1) is 11.4 Å². The van der Waals surface area contributed by atoms with E-state index < -0.39 is 0 Å². The predicted molar refractivity (Wildman–Crippen MR) is 138 cm³/mol. The molecule has 0 spiro atoms. The second-order valence-corrected chi connectivity index (χ2v) is 9.70. The topological polar surface area (TPSA) is 3.24 Å². The molecule has 0 N–H and O–H groups in total. The first kappa shape index (κ1) is 20.9. The van der Waals surface area contributed by atoms with E-state index in [4.69, 9.17) is 0 Å². The highest BCUT2D eigenvalue weighted by atomic mass is 32.2. The van der Waals surface area contributed by atoms with Crippen LogP contribution in [0.15, 0.2) is 113 Å². The zero-order valence-corrected chi connectivity index (χ0v) is 19.6. The number of hydrogen-bond donors (Lipinski definition) is 0. The second kappa shape index (κ2) is 9.26. The van der Waals surface area contributed by atoms with Crippen LogP contribution in [-0.4, -0.2) is 0 Å². The van der Waals surface area contributed by atoms with Crippen LogP contribution in [0.1, 0.15) is 49.7 Å². The number of para-hydroxylation sites is 2. The van der Waals surface area contributed by atoms with E-state index in [1.54, 1.807) is 0 Å². The van der Waals surface area contributed by atoms with Gasteiger partial charge in [-0.1, -0.05) is 92.3 Å². The number of fused-ring (bicyclic) bond motifs is 2. The number of hydrogen-bond acceptors (Lipinski definition) is 2. The van der Waals surface area contributed by atoms with Gasteiger partial charge in [0.25, 0.3) is 0 Å². The Balaban J connectivity index is 1.42. The fourth-order valence-electron chi connectivity index (χ4n) is 4.76. The number of benzene rings is 4. The molecule has 2 heteroatoms. The monoisotopic (exact) mass is 435 g/mol. The fraction of sp³-hybridized carbons (Fsp3) is 0.200. The van der Waals surface area contributed by atoms with Gasteiger partial charge in [-0.3, -0.25) is 0 Å². The molecule has 160 valence electrons. The van der Waals surface area contributed by atoms with E-state index in [2.05, 4.69) is 122 Å². The Morgan fingerprint density at radius 1 is 0.656 bits per heavy atom. The van der Waals surface area contributed by atoms with Crippen LogP contribution in [-0.2, 0) is 0 Å². The van der Waals surface area contributed by atoms with E-state index in [9.17, 15) is 0 Å². The second-order valence-electron chi connectivity index (χ2n) is 8.62. The van der Waals surface area contributed by atoms with Crippen LogP contribution < -0.4 is 4.90 Å². The lowest BCUT2D eigenvalue weighted by molar-refractivity contribution is 0.544. The Hall–Kier alpha value is -2.97. The van der Waals surface area contributed by atoms with Crippen LogP contribution in [0.4, 0.5) is 17.1 Å². The van der Waals surface area contributed by atoms with E-state index in [1.807, 2.05) is 11.8 Å². The number of rotatable bonds is 6. The summed E-state index contributed by atoms with van der Waals surface area (Å²) in [6, 6.07) is 37.6. The van der Waals surface area contributed by atoms with Crippen LogP contribution in [0, 0.1) is 0 Å². The molecule has 1 aliphatic heterocycles. The van der Waals surface area contributed by atoms with Crippen LogP contribution in [0.2, 0.25) is 0 Å². The Labute approximate surface area is 196 Å². The van der Waals surface area contributed by atoms with Crippen molar-refractivity contribution < 1.29 is 0 Å². The van der Waals surface area contributed by atoms with E-state index in [0.717, 1.165) is 0 Å². The van der Waals surface area contributed by atoms with Gasteiger partial charge >= 0.3 is 0 Å². The molecule has 0 bridgehead atoms. The zero-order valence-electron chi connectivity index (χ0n) is 18.7. The Morgan fingerprint density at radius 2 is 1.22 bits per heavy atom. The van der Waals surface area contributed by atoms with Gasteiger partial charge in [-0.25, -0.2) is 0 Å². The molecule has 1 heterocycles. The lowest BCUT2D eigenvalue weighted by atomic mass is 9.84. The molecular weight excluding hydrogens is 406 g/mol. The molecule has 1 nitrogen and oxygen atoms in total. The number of anilines is 3. The summed E-state index contributed by atoms with van der Waals surface area (Å²) >= 11 is 1.85. The van der Waals surface area contributed by atoms with E-state index in [-0.39, 0.29) is 0 Å². The molecule has 0 fully saturated rings. The van der Waals surface area contributed by atoms with Crippen LogP contribution in [0.3, 0.4) is 0 Å². The minimum Gasteiger partial charge on any atom is -0.308 e. The molecule has 32 heavy (non-hydrogen) atoms. The third-order valence-electron chi connectivity index (χ3n) is 6.55. The molecule has 2 unspecified atom stereocenters. The summed E-state index contributed by atoms with van der Waals surface area (Å²) in [5.74, 6) is 1.12. The lowest BCUT2D eigenvalue weighted by Gasteiger charge is -2.33. The van der Waals surface area contributed by atoms with Gasteiger partial charge in [0.2, 0.25) is 0 Å². The first-order chi connectivity index (χ1) is 15.7. The average molecular weight is 436 g/mol. The third kappa shape index (κ3) is 4.08. The molecule has 0 aromatic heterocycles. The van der Waals surface area contributed by atoms with Crippen LogP contribution >= 0.6 is 11.8 Å². The van der Waals surface area contributed by atoms with Crippen molar-refractivity contribution in [1.82, 2.24) is 0 Å².